The number of nitrogens with zero attached hydrogens (tertiary/aromatic N) is 3. The Balaban J connectivity index is 1.62. The summed E-state index contributed by atoms with van der Waals surface area (Å²) in [5, 5.41) is 9.32. The summed E-state index contributed by atoms with van der Waals surface area (Å²) in [4.78, 5) is 46.7. The number of benzene rings is 1. The van der Waals surface area contributed by atoms with Crippen LogP contribution in [0.1, 0.15) is 24.0 Å². The number of likely N-dealkylation sites (N-methyl/N-ethyl adjacent to an activating group) is 1. The van der Waals surface area contributed by atoms with Crippen LogP contribution in [0.2, 0.25) is 0 Å². The van der Waals surface area contributed by atoms with E-state index in [1.165, 1.54) is 0 Å². The molecule has 5 rings (SSSR count). The molecule has 0 radical (unpaired) electrons. The van der Waals surface area contributed by atoms with Crippen LogP contribution in [-0.2, 0) is 19.1 Å². The van der Waals surface area contributed by atoms with Gasteiger partial charge < -0.3 is 24.5 Å². The van der Waals surface area contributed by atoms with E-state index in [4.69, 9.17) is 4.74 Å². The minimum atomic E-state index is -1.22. The van der Waals surface area contributed by atoms with Crippen molar-refractivity contribution in [3.8, 4) is 0 Å². The Hall–Kier alpha value is -2.97. The number of para-hydroxylation sites is 1. The smallest absolute Gasteiger partial charge is 0.253 e. The Bertz CT molecular complexity index is 1090. The molecule has 8 heteroatoms. The Labute approximate surface area is 205 Å². The van der Waals surface area contributed by atoms with Gasteiger partial charge in [-0.25, -0.2) is 0 Å². The third kappa shape index (κ3) is 3.53. The lowest BCUT2D eigenvalue weighted by atomic mass is 9.77. The number of aryl methyl sites for hydroxylation is 2. The number of rotatable bonds is 5. The second-order valence-corrected chi connectivity index (χ2v) is 10.0. The first-order valence-corrected chi connectivity index (χ1v) is 12.4. The maximum atomic E-state index is 14.3. The van der Waals surface area contributed by atoms with Crippen LogP contribution < -0.4 is 4.90 Å². The topological polar surface area (TPSA) is 90.4 Å². The third-order valence-electron chi connectivity index (χ3n) is 7.88. The molecule has 0 aliphatic carbocycles. The number of hydrogen-bond acceptors (Lipinski definition) is 5. The number of aliphatic hydroxyl groups is 1. The number of amides is 3. The highest BCUT2D eigenvalue weighted by Gasteiger charge is 2.71. The summed E-state index contributed by atoms with van der Waals surface area (Å²) < 4.78 is 6.60. The van der Waals surface area contributed by atoms with Crippen molar-refractivity contribution >= 4 is 23.4 Å². The number of anilines is 1. The Morgan fingerprint density at radius 1 is 1.03 bits per heavy atom. The first kappa shape index (κ1) is 23.8. The van der Waals surface area contributed by atoms with Crippen molar-refractivity contribution in [3.05, 3.63) is 53.6 Å². The number of likely N-dealkylation sites (tertiary alicyclic amines) is 1. The lowest BCUT2D eigenvalue weighted by Crippen LogP contribution is -2.55. The Kier molecular flexibility index (Phi) is 6.05. The fraction of sp³-hybridized carbons (Fsp3) is 0.519. The fourth-order valence-corrected chi connectivity index (χ4v) is 6.33. The van der Waals surface area contributed by atoms with Crippen LogP contribution in [-0.4, -0.2) is 83.7 Å². The van der Waals surface area contributed by atoms with E-state index in [9.17, 15) is 19.5 Å². The van der Waals surface area contributed by atoms with Gasteiger partial charge in [0.25, 0.3) is 5.91 Å². The zero-order valence-electron chi connectivity index (χ0n) is 20.5. The molecule has 4 aliphatic rings. The summed E-state index contributed by atoms with van der Waals surface area (Å²) in [7, 11) is 1.73. The molecule has 35 heavy (non-hydrogen) atoms. The summed E-state index contributed by atoms with van der Waals surface area (Å²) in [6.07, 6.45) is 8.06. The van der Waals surface area contributed by atoms with Gasteiger partial charge in [0, 0.05) is 39.0 Å². The number of fused-ring (bicyclic) bond motifs is 2. The first-order valence-electron chi connectivity index (χ1n) is 12.4. The zero-order valence-corrected chi connectivity index (χ0v) is 20.5. The molecule has 1 aromatic rings. The molecule has 2 fully saturated rings. The predicted molar refractivity (Wildman–Crippen MR) is 131 cm³/mol. The van der Waals surface area contributed by atoms with Gasteiger partial charge in [-0.15, -0.1) is 0 Å². The van der Waals surface area contributed by atoms with Crippen LogP contribution in [0.15, 0.2) is 42.5 Å². The molecule has 5 atom stereocenters. The van der Waals surface area contributed by atoms with Gasteiger partial charge in [0.1, 0.15) is 11.6 Å². The summed E-state index contributed by atoms with van der Waals surface area (Å²) in [6.45, 7) is 5.11. The standard InChI is InChI=1S/C27H33N3O5/c1-17-9-6-10-18(2)22(17)29-15-8-12-27-21(20-19(35-27)11-7-13-28(3)24(20)32)25(33)30(14-4-5-16-31)23(27)26(29)34/h6-12,19-21,23,31H,4-5,13-16H2,1-3H3/t19-,20+,21+,23?,27+/m1/s1. The van der Waals surface area contributed by atoms with Gasteiger partial charge >= 0.3 is 0 Å². The van der Waals surface area contributed by atoms with Crippen LogP contribution in [0.3, 0.4) is 0 Å². The first-order chi connectivity index (χ1) is 16.8. The maximum absolute atomic E-state index is 14.3. The number of carbonyl (C=O) groups excluding carboxylic acids is 3. The summed E-state index contributed by atoms with van der Waals surface area (Å²) in [5.41, 5.74) is 1.58. The van der Waals surface area contributed by atoms with Crippen LogP contribution in [0.5, 0.6) is 0 Å². The molecule has 1 aromatic carbocycles. The predicted octanol–water partition coefficient (Wildman–Crippen LogP) is 1.59. The second-order valence-electron chi connectivity index (χ2n) is 10.0. The molecule has 186 valence electrons. The zero-order chi connectivity index (χ0) is 24.9. The average molecular weight is 480 g/mol. The van der Waals surface area contributed by atoms with E-state index in [-0.39, 0.29) is 24.3 Å². The number of hydrogen-bond donors (Lipinski definition) is 1. The molecule has 4 aliphatic heterocycles. The summed E-state index contributed by atoms with van der Waals surface area (Å²) in [5.74, 6) is -2.02. The van der Waals surface area contributed by atoms with Gasteiger partial charge in [0.05, 0.1) is 17.9 Å². The SMILES string of the molecule is Cc1cccc(C)c1N1CC=C[C@]23O[C@@H]4C=CCN(C)C(=O)[C@@H]4[C@H]2C(=O)N(CCCCO)C3C1=O. The molecular formula is C27H33N3O5. The van der Waals surface area contributed by atoms with Crippen molar-refractivity contribution in [2.45, 2.75) is 44.4 Å². The maximum Gasteiger partial charge on any atom is 0.253 e. The minimum Gasteiger partial charge on any atom is -0.396 e. The van der Waals surface area contributed by atoms with E-state index < -0.39 is 29.6 Å². The van der Waals surface area contributed by atoms with Gasteiger partial charge in [-0.3, -0.25) is 14.4 Å². The van der Waals surface area contributed by atoms with Crippen molar-refractivity contribution in [3.63, 3.8) is 0 Å². The van der Waals surface area contributed by atoms with Gasteiger partial charge in [-0.1, -0.05) is 42.5 Å². The normalized spacial score (nSPS) is 32.0. The molecule has 1 unspecified atom stereocenters. The van der Waals surface area contributed by atoms with Crippen LogP contribution >= 0.6 is 0 Å². The lowest BCUT2D eigenvalue weighted by Gasteiger charge is -2.36. The highest BCUT2D eigenvalue weighted by atomic mass is 16.5. The van der Waals surface area contributed by atoms with E-state index in [1.54, 1.807) is 21.7 Å². The van der Waals surface area contributed by atoms with E-state index in [1.807, 2.05) is 56.4 Å². The van der Waals surface area contributed by atoms with Crippen molar-refractivity contribution < 1.29 is 24.2 Å². The molecule has 0 bridgehead atoms. The quantitative estimate of drug-likeness (QED) is 0.512. The van der Waals surface area contributed by atoms with E-state index >= 15 is 0 Å². The van der Waals surface area contributed by atoms with E-state index in [0.29, 0.717) is 32.5 Å². The number of carbonyl (C=O) groups is 3. The minimum absolute atomic E-state index is 0.0128. The number of unbranched alkanes of at least 4 members (excludes halogenated alkanes) is 1. The molecule has 2 saturated heterocycles. The Morgan fingerprint density at radius 2 is 1.77 bits per heavy atom. The number of ether oxygens (including phenoxy) is 1. The van der Waals surface area contributed by atoms with Crippen LogP contribution in [0.4, 0.5) is 5.69 Å². The second kappa shape index (κ2) is 8.91. The van der Waals surface area contributed by atoms with Gasteiger partial charge in [-0.2, -0.15) is 0 Å². The average Bonchev–Trinajstić information content (AvgIpc) is 3.14. The molecule has 1 spiro atoms. The van der Waals surface area contributed by atoms with Gasteiger partial charge in [0.2, 0.25) is 11.8 Å². The van der Waals surface area contributed by atoms with Gasteiger partial charge in [-0.05, 0) is 37.8 Å². The Morgan fingerprint density at radius 3 is 2.49 bits per heavy atom. The van der Waals surface area contributed by atoms with E-state index in [2.05, 4.69) is 0 Å². The summed E-state index contributed by atoms with van der Waals surface area (Å²) >= 11 is 0. The van der Waals surface area contributed by atoms with Crippen LogP contribution in [0.25, 0.3) is 0 Å². The molecule has 0 saturated carbocycles. The fourth-order valence-electron chi connectivity index (χ4n) is 6.33. The molecule has 8 nitrogen and oxygen atoms in total. The molecule has 4 heterocycles. The highest BCUT2D eigenvalue weighted by molar-refractivity contribution is 6.06. The van der Waals surface area contributed by atoms with Gasteiger partial charge in [0.15, 0.2) is 0 Å². The third-order valence-corrected chi connectivity index (χ3v) is 7.88. The molecule has 3 amide bonds. The number of aliphatic hydroxyl groups excluding tert-OH is 1. The molecule has 0 aromatic heterocycles. The van der Waals surface area contributed by atoms with Crippen LogP contribution in [0, 0.1) is 25.7 Å². The van der Waals surface area contributed by atoms with Crippen molar-refractivity contribution in [2.24, 2.45) is 11.8 Å². The van der Waals surface area contributed by atoms with Crippen molar-refractivity contribution in [1.82, 2.24) is 9.80 Å². The van der Waals surface area contributed by atoms with Crippen molar-refractivity contribution in [2.75, 3.05) is 38.2 Å². The van der Waals surface area contributed by atoms with Crippen molar-refractivity contribution in [1.29, 1.82) is 0 Å². The lowest BCUT2D eigenvalue weighted by molar-refractivity contribution is -0.143. The largest absolute Gasteiger partial charge is 0.396 e. The molecule has 1 N–H and O–H groups in total. The molecular weight excluding hydrogens is 446 g/mol. The highest BCUT2D eigenvalue weighted by Crippen LogP contribution is 2.53. The monoisotopic (exact) mass is 479 g/mol. The summed E-state index contributed by atoms with van der Waals surface area (Å²) in [6, 6.07) is 5.04. The van der Waals surface area contributed by atoms with E-state index in [0.717, 1.165) is 16.8 Å².